The van der Waals surface area contributed by atoms with Crippen LogP contribution in [0, 0.1) is 0 Å². The van der Waals surface area contributed by atoms with Crippen molar-refractivity contribution in [1.82, 2.24) is 15.1 Å². The number of hydrogen-bond acceptors (Lipinski definition) is 4. The van der Waals surface area contributed by atoms with E-state index in [0.29, 0.717) is 13.1 Å². The zero-order valence-electron chi connectivity index (χ0n) is 9.36. The zero-order chi connectivity index (χ0) is 11.3. The lowest BCUT2D eigenvalue weighted by Gasteiger charge is -2.27. The summed E-state index contributed by atoms with van der Waals surface area (Å²) in [7, 11) is 1.39. The van der Waals surface area contributed by atoms with E-state index in [-0.39, 0.29) is 5.97 Å². The van der Waals surface area contributed by atoms with Gasteiger partial charge in [-0.3, -0.25) is 4.68 Å². The van der Waals surface area contributed by atoms with Crippen molar-refractivity contribution in [3.8, 4) is 0 Å². The van der Waals surface area contributed by atoms with Crippen LogP contribution in [-0.2, 0) is 16.1 Å². The Morgan fingerprint density at radius 1 is 1.67 bits per heavy atom. The number of esters is 1. The number of ether oxygens (including phenoxy) is 1. The van der Waals surface area contributed by atoms with Gasteiger partial charge in [0, 0.05) is 12.4 Å². The molecule has 1 aromatic heterocycles. The summed E-state index contributed by atoms with van der Waals surface area (Å²) < 4.78 is 6.48. The number of nitrogens with one attached hydrogen (secondary N) is 1. The molecule has 0 saturated heterocycles. The lowest BCUT2D eigenvalue weighted by Crippen LogP contribution is -2.53. The number of carbonyl (C=O) groups is 1. The molecule has 0 aromatic carbocycles. The van der Waals surface area contributed by atoms with Gasteiger partial charge in [-0.15, -0.1) is 0 Å². The number of likely N-dealkylation sites (N-methyl/N-ethyl adjacent to an activating group) is 1. The van der Waals surface area contributed by atoms with E-state index in [1.165, 1.54) is 7.11 Å². The molecular weight excluding hydrogens is 194 g/mol. The molecule has 0 spiro atoms. The Morgan fingerprint density at radius 2 is 2.40 bits per heavy atom. The minimum atomic E-state index is -0.727. The molecule has 1 rings (SSSR count). The molecule has 1 unspecified atom stereocenters. The third kappa shape index (κ3) is 2.79. The number of rotatable bonds is 5. The molecule has 84 valence electrons. The highest BCUT2D eigenvalue weighted by Crippen LogP contribution is 2.09. The van der Waals surface area contributed by atoms with E-state index >= 15 is 0 Å². The number of carbonyl (C=O) groups excluding carboxylic acids is 1. The van der Waals surface area contributed by atoms with Gasteiger partial charge < -0.3 is 10.1 Å². The van der Waals surface area contributed by atoms with Crippen LogP contribution < -0.4 is 5.32 Å². The minimum absolute atomic E-state index is 0.278. The first kappa shape index (κ1) is 11.7. The van der Waals surface area contributed by atoms with E-state index in [1.807, 2.05) is 26.1 Å². The molecule has 0 aliphatic carbocycles. The normalized spacial score (nSPS) is 14.6. The smallest absolute Gasteiger partial charge is 0.327 e. The summed E-state index contributed by atoms with van der Waals surface area (Å²) in [6.07, 6.45) is 3.50. The summed E-state index contributed by atoms with van der Waals surface area (Å²) in [5, 5.41) is 7.18. The lowest BCUT2D eigenvalue weighted by molar-refractivity contribution is -0.148. The van der Waals surface area contributed by atoms with Crippen LogP contribution in [0.2, 0.25) is 0 Å². The van der Waals surface area contributed by atoms with Crippen molar-refractivity contribution in [2.45, 2.75) is 25.9 Å². The van der Waals surface area contributed by atoms with Gasteiger partial charge in [0.25, 0.3) is 0 Å². The first-order valence-electron chi connectivity index (χ1n) is 4.93. The quantitative estimate of drug-likeness (QED) is 0.717. The summed E-state index contributed by atoms with van der Waals surface area (Å²) in [6.45, 7) is 4.92. The fourth-order valence-corrected chi connectivity index (χ4v) is 1.53. The molecule has 5 heteroatoms. The van der Waals surface area contributed by atoms with Crippen LogP contribution in [0.3, 0.4) is 0 Å². The SMILES string of the molecule is CCNC(C)(Cn1cccn1)C(=O)OC. The Morgan fingerprint density at radius 3 is 2.87 bits per heavy atom. The lowest BCUT2D eigenvalue weighted by atomic mass is 10.0. The third-order valence-corrected chi connectivity index (χ3v) is 2.24. The molecular formula is C10H17N3O2. The number of methoxy groups -OCH3 is 1. The predicted molar refractivity (Wildman–Crippen MR) is 56.3 cm³/mol. The Labute approximate surface area is 89.4 Å². The average molecular weight is 211 g/mol. The zero-order valence-corrected chi connectivity index (χ0v) is 9.36. The number of aromatic nitrogens is 2. The Kier molecular flexibility index (Phi) is 3.85. The maximum atomic E-state index is 11.6. The summed E-state index contributed by atoms with van der Waals surface area (Å²) in [6, 6.07) is 1.82. The topological polar surface area (TPSA) is 56.2 Å². The Bertz CT molecular complexity index is 310. The van der Waals surface area contributed by atoms with Gasteiger partial charge in [0.15, 0.2) is 0 Å². The van der Waals surface area contributed by atoms with Gasteiger partial charge >= 0.3 is 5.97 Å². The second kappa shape index (κ2) is 4.93. The molecule has 0 radical (unpaired) electrons. The molecule has 0 aliphatic heterocycles. The monoisotopic (exact) mass is 211 g/mol. The van der Waals surface area contributed by atoms with Crippen molar-refractivity contribution >= 4 is 5.97 Å². The second-order valence-corrected chi connectivity index (χ2v) is 3.56. The highest BCUT2D eigenvalue weighted by Gasteiger charge is 2.34. The van der Waals surface area contributed by atoms with Gasteiger partial charge in [0.2, 0.25) is 0 Å². The van der Waals surface area contributed by atoms with E-state index in [4.69, 9.17) is 4.74 Å². The van der Waals surface area contributed by atoms with Crippen molar-refractivity contribution < 1.29 is 9.53 Å². The Balaban J connectivity index is 2.77. The minimum Gasteiger partial charge on any atom is -0.468 e. The highest BCUT2D eigenvalue weighted by atomic mass is 16.5. The molecule has 5 nitrogen and oxygen atoms in total. The molecule has 1 heterocycles. The van der Waals surface area contributed by atoms with E-state index in [0.717, 1.165) is 0 Å². The van der Waals surface area contributed by atoms with E-state index < -0.39 is 5.54 Å². The van der Waals surface area contributed by atoms with E-state index in [9.17, 15) is 4.79 Å². The summed E-state index contributed by atoms with van der Waals surface area (Å²) in [5.41, 5.74) is -0.727. The van der Waals surface area contributed by atoms with Crippen molar-refractivity contribution in [1.29, 1.82) is 0 Å². The van der Waals surface area contributed by atoms with Crippen molar-refractivity contribution in [2.24, 2.45) is 0 Å². The van der Waals surface area contributed by atoms with Gasteiger partial charge in [-0.25, -0.2) is 4.79 Å². The molecule has 0 aliphatic rings. The summed E-state index contributed by atoms with van der Waals surface area (Å²) >= 11 is 0. The van der Waals surface area contributed by atoms with Crippen LogP contribution in [0.4, 0.5) is 0 Å². The van der Waals surface area contributed by atoms with Crippen molar-refractivity contribution in [3.05, 3.63) is 18.5 Å². The molecule has 0 amide bonds. The first-order chi connectivity index (χ1) is 7.12. The van der Waals surface area contributed by atoms with Crippen LogP contribution in [0.1, 0.15) is 13.8 Å². The molecule has 1 aromatic rings. The summed E-state index contributed by atoms with van der Waals surface area (Å²) in [4.78, 5) is 11.6. The van der Waals surface area contributed by atoms with Crippen LogP contribution >= 0.6 is 0 Å². The van der Waals surface area contributed by atoms with Crippen LogP contribution in [0.15, 0.2) is 18.5 Å². The van der Waals surface area contributed by atoms with E-state index in [1.54, 1.807) is 10.9 Å². The highest BCUT2D eigenvalue weighted by molar-refractivity contribution is 5.80. The standard InChI is InChI=1S/C10H17N3O2/c1-4-11-10(2,9(14)15-3)8-13-7-5-6-12-13/h5-7,11H,4,8H2,1-3H3. The van der Waals surface area contributed by atoms with Gasteiger partial charge in [0.05, 0.1) is 13.7 Å². The van der Waals surface area contributed by atoms with Crippen LogP contribution in [0.25, 0.3) is 0 Å². The van der Waals surface area contributed by atoms with Crippen molar-refractivity contribution in [2.75, 3.05) is 13.7 Å². The largest absolute Gasteiger partial charge is 0.468 e. The van der Waals surface area contributed by atoms with Gasteiger partial charge in [-0.05, 0) is 19.5 Å². The molecule has 15 heavy (non-hydrogen) atoms. The van der Waals surface area contributed by atoms with Crippen molar-refractivity contribution in [3.63, 3.8) is 0 Å². The van der Waals surface area contributed by atoms with Gasteiger partial charge in [-0.1, -0.05) is 6.92 Å². The molecule has 0 bridgehead atoms. The Hall–Kier alpha value is -1.36. The van der Waals surface area contributed by atoms with Crippen LogP contribution in [-0.4, -0.2) is 34.9 Å². The molecule has 1 atom stereocenters. The molecule has 1 N–H and O–H groups in total. The third-order valence-electron chi connectivity index (χ3n) is 2.24. The first-order valence-corrected chi connectivity index (χ1v) is 4.93. The average Bonchev–Trinajstić information content (AvgIpc) is 2.69. The maximum Gasteiger partial charge on any atom is 0.327 e. The number of hydrogen-bond donors (Lipinski definition) is 1. The molecule has 0 fully saturated rings. The predicted octanol–water partition coefficient (Wildman–Crippen LogP) is 0.424. The molecule has 0 saturated carbocycles. The van der Waals surface area contributed by atoms with Crippen LogP contribution in [0.5, 0.6) is 0 Å². The maximum absolute atomic E-state index is 11.6. The van der Waals surface area contributed by atoms with Gasteiger partial charge in [-0.2, -0.15) is 5.10 Å². The van der Waals surface area contributed by atoms with Gasteiger partial charge in [0.1, 0.15) is 5.54 Å². The second-order valence-electron chi connectivity index (χ2n) is 3.56. The fraction of sp³-hybridized carbons (Fsp3) is 0.600. The van der Waals surface area contributed by atoms with E-state index in [2.05, 4.69) is 10.4 Å². The summed E-state index contributed by atoms with van der Waals surface area (Å²) in [5.74, 6) is -0.278. The fourth-order valence-electron chi connectivity index (χ4n) is 1.53. The number of nitrogens with zero attached hydrogens (tertiary/aromatic N) is 2.